The predicted octanol–water partition coefficient (Wildman–Crippen LogP) is 1.71. The van der Waals surface area contributed by atoms with Crippen molar-refractivity contribution in [3.63, 3.8) is 0 Å². The molecule has 0 aromatic carbocycles. The number of nitrogens with zero attached hydrogens (tertiary/aromatic N) is 3. The van der Waals surface area contributed by atoms with Crippen LogP contribution in [0.15, 0.2) is 35.5 Å². The van der Waals surface area contributed by atoms with Gasteiger partial charge in [-0.25, -0.2) is 4.79 Å². The van der Waals surface area contributed by atoms with Crippen LogP contribution in [-0.4, -0.2) is 54.1 Å². The molecule has 0 saturated heterocycles. The Morgan fingerprint density at radius 3 is 2.67 bits per heavy atom. The Morgan fingerprint density at radius 2 is 2.04 bits per heavy atom. The van der Waals surface area contributed by atoms with E-state index in [2.05, 4.69) is 15.0 Å². The van der Waals surface area contributed by atoms with Crippen LogP contribution in [0.2, 0.25) is 0 Å². The number of likely N-dealkylation sites (N-methyl/N-ethyl adjacent to an activating group) is 1. The number of anilines is 1. The summed E-state index contributed by atoms with van der Waals surface area (Å²) in [5.41, 5.74) is 0.781. The molecule has 0 aliphatic carbocycles. The van der Waals surface area contributed by atoms with Crippen LogP contribution in [0.4, 0.5) is 5.69 Å². The number of pyridine rings is 2. The van der Waals surface area contributed by atoms with Crippen molar-refractivity contribution in [2.45, 2.75) is 19.9 Å². The molecule has 2 rings (SSSR count). The molecule has 0 radical (unpaired) electrons. The van der Waals surface area contributed by atoms with Gasteiger partial charge in [-0.2, -0.15) is 0 Å². The number of hydrogen-bond donors (Lipinski definition) is 1. The van der Waals surface area contributed by atoms with E-state index in [0.29, 0.717) is 17.8 Å². The summed E-state index contributed by atoms with van der Waals surface area (Å²) in [6.45, 7) is 4.29. The van der Waals surface area contributed by atoms with Gasteiger partial charge in [0.15, 0.2) is 0 Å². The predicted molar refractivity (Wildman–Crippen MR) is 102 cm³/mol. The lowest BCUT2D eigenvalue weighted by Crippen LogP contribution is -2.34. The number of methoxy groups -OCH3 is 1. The highest BCUT2D eigenvalue weighted by atomic mass is 16.5. The molecular formula is C19H24N4O4. The summed E-state index contributed by atoms with van der Waals surface area (Å²) in [7, 11) is 5.10. The fourth-order valence-electron chi connectivity index (χ4n) is 2.81. The van der Waals surface area contributed by atoms with Crippen molar-refractivity contribution in [1.82, 2.24) is 14.5 Å². The second-order valence-corrected chi connectivity index (χ2v) is 6.61. The molecule has 0 fully saturated rings. The zero-order chi connectivity index (χ0) is 20.1. The Hall–Kier alpha value is -3.00. The van der Waals surface area contributed by atoms with Crippen LogP contribution in [0, 0.1) is 6.92 Å². The van der Waals surface area contributed by atoms with Gasteiger partial charge in [0.2, 0.25) is 0 Å². The molecule has 0 aliphatic heterocycles. The maximum atomic E-state index is 12.9. The number of esters is 1. The molecule has 0 bridgehead atoms. The third kappa shape index (κ3) is 4.79. The first-order valence-electron chi connectivity index (χ1n) is 8.45. The maximum Gasteiger partial charge on any atom is 0.339 e. The first-order chi connectivity index (χ1) is 12.7. The van der Waals surface area contributed by atoms with Crippen molar-refractivity contribution in [2.75, 3.05) is 33.1 Å². The van der Waals surface area contributed by atoms with E-state index < -0.39 is 11.9 Å². The van der Waals surface area contributed by atoms with Gasteiger partial charge in [0.25, 0.3) is 11.5 Å². The van der Waals surface area contributed by atoms with E-state index in [9.17, 15) is 14.4 Å². The zero-order valence-corrected chi connectivity index (χ0v) is 16.1. The molecule has 8 heteroatoms. The number of hydrogen-bond acceptors (Lipinski definition) is 6. The highest BCUT2D eigenvalue weighted by Gasteiger charge is 2.19. The maximum absolute atomic E-state index is 12.9. The molecule has 1 atom stereocenters. The topological polar surface area (TPSA) is 93.5 Å². The summed E-state index contributed by atoms with van der Waals surface area (Å²) in [6, 6.07) is 3.09. The number of aromatic nitrogens is 2. The van der Waals surface area contributed by atoms with E-state index in [1.165, 1.54) is 25.6 Å². The minimum absolute atomic E-state index is 0.0616. The van der Waals surface area contributed by atoms with Crippen molar-refractivity contribution in [2.24, 2.45) is 0 Å². The molecule has 1 unspecified atom stereocenters. The Kier molecular flexibility index (Phi) is 6.46. The Morgan fingerprint density at radius 1 is 1.33 bits per heavy atom. The first-order valence-corrected chi connectivity index (χ1v) is 8.45. The van der Waals surface area contributed by atoms with Crippen LogP contribution in [0.25, 0.3) is 0 Å². The molecule has 0 spiro atoms. The molecule has 0 saturated carbocycles. The number of amides is 1. The van der Waals surface area contributed by atoms with Crippen LogP contribution in [0.3, 0.4) is 0 Å². The van der Waals surface area contributed by atoms with Crippen molar-refractivity contribution >= 4 is 17.6 Å². The van der Waals surface area contributed by atoms with Gasteiger partial charge in [0.05, 0.1) is 24.6 Å². The van der Waals surface area contributed by atoms with Gasteiger partial charge in [-0.05, 0) is 45.6 Å². The molecule has 1 amide bonds. The van der Waals surface area contributed by atoms with Crippen LogP contribution in [0.5, 0.6) is 0 Å². The molecule has 8 nitrogen and oxygen atoms in total. The third-order valence-electron chi connectivity index (χ3n) is 4.08. The van der Waals surface area contributed by atoms with Crippen LogP contribution in [-0.2, 0) is 4.74 Å². The lowest BCUT2D eigenvalue weighted by Gasteiger charge is -2.20. The minimum Gasteiger partial charge on any atom is -0.465 e. The summed E-state index contributed by atoms with van der Waals surface area (Å²) in [5.74, 6) is -1.11. The monoisotopic (exact) mass is 372 g/mol. The zero-order valence-electron chi connectivity index (χ0n) is 16.1. The SMILES string of the molecule is COC(=O)c1cncc(NC(=O)c2c(C)ccn(C(C)CN(C)C)c2=O)c1. The fraction of sp³-hybridized carbons (Fsp3) is 0.368. The molecule has 2 aromatic heterocycles. The number of rotatable bonds is 6. The minimum atomic E-state index is -0.561. The summed E-state index contributed by atoms with van der Waals surface area (Å²) >= 11 is 0. The molecule has 144 valence electrons. The van der Waals surface area contributed by atoms with Gasteiger partial charge >= 0.3 is 5.97 Å². The smallest absolute Gasteiger partial charge is 0.339 e. The molecule has 27 heavy (non-hydrogen) atoms. The highest BCUT2D eigenvalue weighted by Crippen LogP contribution is 2.13. The van der Waals surface area contributed by atoms with E-state index in [0.717, 1.165) is 0 Å². The van der Waals surface area contributed by atoms with E-state index in [4.69, 9.17) is 0 Å². The quantitative estimate of drug-likeness (QED) is 0.776. The lowest BCUT2D eigenvalue weighted by molar-refractivity contribution is 0.0600. The molecule has 2 aromatic rings. The number of ether oxygens (including phenoxy) is 1. The Bertz CT molecular complexity index is 905. The first kappa shape index (κ1) is 20.3. The summed E-state index contributed by atoms with van der Waals surface area (Å²) < 4.78 is 6.19. The van der Waals surface area contributed by atoms with Gasteiger partial charge in [-0.1, -0.05) is 0 Å². The van der Waals surface area contributed by atoms with Gasteiger partial charge in [0, 0.05) is 25.0 Å². The molecular weight excluding hydrogens is 348 g/mol. The fourth-order valence-corrected chi connectivity index (χ4v) is 2.81. The molecule has 2 heterocycles. The van der Waals surface area contributed by atoms with Gasteiger partial charge < -0.3 is 19.5 Å². The lowest BCUT2D eigenvalue weighted by atomic mass is 10.1. The number of aryl methyl sites for hydroxylation is 1. The van der Waals surface area contributed by atoms with Crippen molar-refractivity contribution < 1.29 is 14.3 Å². The van der Waals surface area contributed by atoms with E-state index in [1.807, 2.05) is 25.9 Å². The average molecular weight is 372 g/mol. The van der Waals surface area contributed by atoms with Crippen molar-refractivity contribution in [3.8, 4) is 0 Å². The number of carbonyl (C=O) groups excluding carboxylic acids is 2. The summed E-state index contributed by atoms with van der Waals surface area (Å²) in [5, 5.41) is 2.63. The third-order valence-corrected chi connectivity index (χ3v) is 4.08. The largest absolute Gasteiger partial charge is 0.465 e. The van der Waals surface area contributed by atoms with Gasteiger partial charge in [-0.15, -0.1) is 0 Å². The van der Waals surface area contributed by atoms with E-state index in [1.54, 1.807) is 23.8 Å². The normalized spacial score (nSPS) is 11.9. The Labute approximate surface area is 157 Å². The second kappa shape index (κ2) is 8.59. The molecule has 0 aliphatic rings. The van der Waals surface area contributed by atoms with Crippen LogP contribution in [0.1, 0.15) is 39.2 Å². The van der Waals surface area contributed by atoms with Gasteiger partial charge in [-0.3, -0.25) is 14.6 Å². The van der Waals surface area contributed by atoms with E-state index >= 15 is 0 Å². The van der Waals surface area contributed by atoms with Crippen molar-refractivity contribution in [1.29, 1.82) is 0 Å². The highest BCUT2D eigenvalue weighted by molar-refractivity contribution is 6.05. The summed E-state index contributed by atoms with van der Waals surface area (Å²) in [4.78, 5) is 43.1. The summed E-state index contributed by atoms with van der Waals surface area (Å²) in [6.07, 6.45) is 4.43. The second-order valence-electron chi connectivity index (χ2n) is 6.61. The van der Waals surface area contributed by atoms with E-state index in [-0.39, 0.29) is 22.7 Å². The number of nitrogens with one attached hydrogen (secondary N) is 1. The van der Waals surface area contributed by atoms with Gasteiger partial charge in [0.1, 0.15) is 5.56 Å². The standard InChI is InChI=1S/C19H24N4O4/c1-12-6-7-23(13(2)11-22(3)4)18(25)16(12)17(24)21-15-8-14(9-20-10-15)19(26)27-5/h6-10,13H,11H2,1-5H3,(H,21,24). The molecule has 1 N–H and O–H groups in total. The van der Waals surface area contributed by atoms with Crippen LogP contribution >= 0.6 is 0 Å². The Balaban J connectivity index is 2.34. The van der Waals surface area contributed by atoms with Crippen LogP contribution < -0.4 is 10.9 Å². The number of carbonyl (C=O) groups is 2. The van der Waals surface area contributed by atoms with Crippen molar-refractivity contribution in [3.05, 3.63) is 57.8 Å². The average Bonchev–Trinajstić information content (AvgIpc) is 2.60.